The molecule has 0 aliphatic rings. The van der Waals surface area contributed by atoms with Crippen LogP contribution in [0.2, 0.25) is 0 Å². The number of nitrogens with two attached hydrogens (primary N) is 3. The largest absolute Gasteiger partial charge is 0.448 e. The van der Waals surface area contributed by atoms with Gasteiger partial charge in [0.1, 0.15) is 6.61 Å². The van der Waals surface area contributed by atoms with Crippen molar-refractivity contribution >= 4 is 12.0 Å². The first kappa shape index (κ1) is 10.7. The quantitative estimate of drug-likeness (QED) is 0.479. The molecule has 0 rings (SSSR count). The van der Waals surface area contributed by atoms with Gasteiger partial charge < -0.3 is 21.9 Å². The second-order valence-electron chi connectivity index (χ2n) is 2.40. The second-order valence-corrected chi connectivity index (χ2v) is 2.40. The summed E-state index contributed by atoms with van der Waals surface area (Å²) >= 11 is 0. The molecule has 0 bridgehead atoms. The molecule has 0 heterocycles. The van der Waals surface area contributed by atoms with Gasteiger partial charge in [0.15, 0.2) is 0 Å². The van der Waals surface area contributed by atoms with Gasteiger partial charge in [-0.1, -0.05) is 0 Å². The molecular formula is C6H13N3O3. The Balaban J connectivity index is 3.39. The molecule has 2 amide bonds. The van der Waals surface area contributed by atoms with Crippen LogP contribution in [0.15, 0.2) is 0 Å². The molecule has 0 saturated heterocycles. The Morgan fingerprint density at radius 2 is 1.92 bits per heavy atom. The molecule has 6 N–H and O–H groups in total. The van der Waals surface area contributed by atoms with Gasteiger partial charge in [0.25, 0.3) is 0 Å². The first-order chi connectivity index (χ1) is 5.52. The van der Waals surface area contributed by atoms with Crippen LogP contribution >= 0.6 is 0 Å². The van der Waals surface area contributed by atoms with E-state index in [2.05, 4.69) is 10.5 Å². The molecule has 1 atom stereocenters. The highest BCUT2D eigenvalue weighted by molar-refractivity contribution is 5.73. The first-order valence-corrected chi connectivity index (χ1v) is 3.48. The lowest BCUT2D eigenvalue weighted by Crippen LogP contribution is -2.30. The number of ether oxygens (including phenoxy) is 1. The summed E-state index contributed by atoms with van der Waals surface area (Å²) < 4.78 is 4.40. The minimum absolute atomic E-state index is 0.0165. The monoisotopic (exact) mass is 175 g/mol. The van der Waals surface area contributed by atoms with E-state index in [0.717, 1.165) is 0 Å². The van der Waals surface area contributed by atoms with Crippen molar-refractivity contribution in [3.63, 3.8) is 0 Å². The van der Waals surface area contributed by atoms with Crippen molar-refractivity contribution in [2.75, 3.05) is 6.61 Å². The fourth-order valence-corrected chi connectivity index (χ4v) is 0.600. The van der Waals surface area contributed by atoms with E-state index in [-0.39, 0.29) is 19.1 Å². The first-order valence-electron chi connectivity index (χ1n) is 3.48. The van der Waals surface area contributed by atoms with Crippen LogP contribution < -0.4 is 17.2 Å². The van der Waals surface area contributed by atoms with Gasteiger partial charge in [-0.3, -0.25) is 4.79 Å². The van der Waals surface area contributed by atoms with Crippen molar-refractivity contribution in [1.29, 1.82) is 0 Å². The third-order valence-electron chi connectivity index (χ3n) is 1.20. The molecule has 0 aromatic heterocycles. The summed E-state index contributed by atoms with van der Waals surface area (Å²) in [5, 5.41) is 0. The van der Waals surface area contributed by atoms with Gasteiger partial charge in [0.05, 0.1) is 0 Å². The number of carbonyl (C=O) groups excluding carboxylic acids is 2. The lowest BCUT2D eigenvalue weighted by atomic mass is 10.2. The summed E-state index contributed by atoms with van der Waals surface area (Å²) in [4.78, 5) is 20.4. The smallest absolute Gasteiger partial charge is 0.404 e. The van der Waals surface area contributed by atoms with Crippen molar-refractivity contribution in [3.05, 3.63) is 0 Å². The van der Waals surface area contributed by atoms with E-state index in [9.17, 15) is 9.59 Å². The number of carbonyl (C=O) groups is 2. The van der Waals surface area contributed by atoms with Gasteiger partial charge >= 0.3 is 6.09 Å². The molecule has 0 radical (unpaired) electrons. The van der Waals surface area contributed by atoms with Crippen LogP contribution in [-0.4, -0.2) is 24.6 Å². The minimum atomic E-state index is -0.871. The van der Waals surface area contributed by atoms with Crippen molar-refractivity contribution in [3.8, 4) is 0 Å². The molecule has 0 saturated carbocycles. The number of rotatable bonds is 5. The highest BCUT2D eigenvalue weighted by Crippen LogP contribution is 1.93. The van der Waals surface area contributed by atoms with Crippen LogP contribution in [0.3, 0.4) is 0 Å². The average Bonchev–Trinajstić information content (AvgIpc) is 1.96. The molecular weight excluding hydrogens is 162 g/mol. The lowest BCUT2D eigenvalue weighted by Gasteiger charge is -2.08. The molecule has 6 heteroatoms. The van der Waals surface area contributed by atoms with Crippen molar-refractivity contribution in [1.82, 2.24) is 0 Å². The number of amides is 2. The third-order valence-corrected chi connectivity index (χ3v) is 1.20. The summed E-state index contributed by atoms with van der Waals surface area (Å²) in [5.41, 5.74) is 15.0. The van der Waals surface area contributed by atoms with Crippen molar-refractivity contribution in [2.24, 2.45) is 17.2 Å². The van der Waals surface area contributed by atoms with E-state index in [1.54, 1.807) is 0 Å². The fraction of sp³-hybridized carbons (Fsp3) is 0.667. The molecule has 12 heavy (non-hydrogen) atoms. The summed E-state index contributed by atoms with van der Waals surface area (Å²) in [6.07, 6.45) is -0.296. The maximum absolute atomic E-state index is 10.3. The lowest BCUT2D eigenvalue weighted by molar-refractivity contribution is -0.118. The Bertz CT molecular complexity index is 153. The summed E-state index contributed by atoms with van der Waals surface area (Å²) in [6.45, 7) is 0.0165. The molecule has 0 aliphatic heterocycles. The Hall–Kier alpha value is -1.30. The minimum Gasteiger partial charge on any atom is -0.448 e. The van der Waals surface area contributed by atoms with E-state index in [1.807, 2.05) is 0 Å². The van der Waals surface area contributed by atoms with E-state index in [0.29, 0.717) is 6.42 Å². The zero-order valence-electron chi connectivity index (χ0n) is 6.66. The molecule has 0 fully saturated rings. The maximum Gasteiger partial charge on any atom is 0.404 e. The topological polar surface area (TPSA) is 121 Å². The van der Waals surface area contributed by atoms with Gasteiger partial charge in [-0.15, -0.1) is 0 Å². The third kappa shape index (κ3) is 6.81. The van der Waals surface area contributed by atoms with E-state index in [1.165, 1.54) is 0 Å². The van der Waals surface area contributed by atoms with E-state index >= 15 is 0 Å². The molecule has 0 aromatic carbocycles. The zero-order chi connectivity index (χ0) is 9.56. The Labute approximate surface area is 70.0 Å². The van der Waals surface area contributed by atoms with Gasteiger partial charge in [0.2, 0.25) is 5.91 Å². The van der Waals surface area contributed by atoms with Crippen LogP contribution in [0, 0.1) is 0 Å². The number of hydrogen-bond donors (Lipinski definition) is 3. The zero-order valence-corrected chi connectivity index (χ0v) is 6.66. The second kappa shape index (κ2) is 5.36. The van der Waals surface area contributed by atoms with Crippen molar-refractivity contribution < 1.29 is 14.3 Å². The van der Waals surface area contributed by atoms with E-state index in [4.69, 9.17) is 11.5 Å². The van der Waals surface area contributed by atoms with Crippen molar-refractivity contribution in [2.45, 2.75) is 18.9 Å². The molecule has 0 aromatic rings. The van der Waals surface area contributed by atoms with E-state index < -0.39 is 12.0 Å². The Morgan fingerprint density at radius 3 is 2.33 bits per heavy atom. The molecule has 70 valence electrons. The van der Waals surface area contributed by atoms with Crippen LogP contribution in [0.1, 0.15) is 12.8 Å². The highest BCUT2D eigenvalue weighted by Gasteiger charge is 2.06. The SMILES string of the molecule is NC(=O)CC[C@H](N)COC(N)=O. The van der Waals surface area contributed by atoms with Gasteiger partial charge in [0, 0.05) is 12.5 Å². The predicted octanol–water partition coefficient (Wildman–Crippen LogP) is -1.33. The van der Waals surface area contributed by atoms with Gasteiger partial charge in [-0.05, 0) is 6.42 Å². The molecule has 0 spiro atoms. The van der Waals surface area contributed by atoms with Crippen LogP contribution in [0.25, 0.3) is 0 Å². The standard InChI is InChI=1S/C6H13N3O3/c7-4(1-2-5(8)10)3-12-6(9)11/h4H,1-3,7H2,(H2,8,10)(H2,9,11)/t4-/m0/s1. The summed E-state index contributed by atoms with van der Waals surface area (Å²) in [7, 11) is 0. The Morgan fingerprint density at radius 1 is 1.33 bits per heavy atom. The Kier molecular flexibility index (Phi) is 4.78. The van der Waals surface area contributed by atoms with Gasteiger partial charge in [-0.2, -0.15) is 0 Å². The molecule has 6 nitrogen and oxygen atoms in total. The van der Waals surface area contributed by atoms with Crippen LogP contribution in [0.4, 0.5) is 4.79 Å². The molecule has 0 aliphatic carbocycles. The summed E-state index contributed by atoms with van der Waals surface area (Å²) in [5.74, 6) is -0.426. The predicted molar refractivity (Wildman–Crippen MR) is 41.9 cm³/mol. The average molecular weight is 175 g/mol. The summed E-state index contributed by atoms with van der Waals surface area (Å²) in [6, 6.07) is -0.384. The van der Waals surface area contributed by atoms with Crippen LogP contribution in [-0.2, 0) is 9.53 Å². The number of primary amides is 2. The fourth-order valence-electron chi connectivity index (χ4n) is 0.600. The van der Waals surface area contributed by atoms with Crippen LogP contribution in [0.5, 0.6) is 0 Å². The highest BCUT2D eigenvalue weighted by atomic mass is 16.5. The molecule has 0 unspecified atom stereocenters. The van der Waals surface area contributed by atoms with Gasteiger partial charge in [-0.25, -0.2) is 4.79 Å². The maximum atomic E-state index is 10.3. The normalized spacial score (nSPS) is 12.1. The number of hydrogen-bond acceptors (Lipinski definition) is 4.